The molecule has 1 saturated heterocycles. The molecule has 12 nitrogen and oxygen atoms in total. The van der Waals surface area contributed by atoms with Gasteiger partial charge in [-0.1, -0.05) is 39.0 Å². The highest BCUT2D eigenvalue weighted by atomic mass is 16.7. The van der Waals surface area contributed by atoms with E-state index in [9.17, 15) is 24.6 Å². The molecule has 4 N–H and O–H groups in total. The van der Waals surface area contributed by atoms with Gasteiger partial charge in [-0.2, -0.15) is 5.06 Å². The van der Waals surface area contributed by atoms with Crippen LogP contribution in [0.5, 0.6) is 5.75 Å². The molecule has 8 atom stereocenters. The summed E-state index contributed by atoms with van der Waals surface area (Å²) in [6, 6.07) is 10.2. The van der Waals surface area contributed by atoms with Crippen LogP contribution in [-0.4, -0.2) is 97.3 Å². The molecule has 286 valence electrons. The van der Waals surface area contributed by atoms with Gasteiger partial charge in [0.1, 0.15) is 30.0 Å². The van der Waals surface area contributed by atoms with Crippen LogP contribution in [0.4, 0.5) is 5.69 Å². The van der Waals surface area contributed by atoms with Crippen LogP contribution in [0.1, 0.15) is 77.2 Å². The lowest BCUT2D eigenvalue weighted by molar-refractivity contribution is -0.183. The second kappa shape index (κ2) is 15.3. The Balaban J connectivity index is 1.42. The number of hydrogen-bond donors (Lipinski definition) is 4. The van der Waals surface area contributed by atoms with Crippen LogP contribution in [0.25, 0.3) is 11.1 Å². The number of carbonyl (C=O) groups is 3. The fraction of sp³-hybridized carbons (Fsp3) is 0.625. The summed E-state index contributed by atoms with van der Waals surface area (Å²) >= 11 is 0. The fourth-order valence-corrected chi connectivity index (χ4v) is 8.62. The molecule has 0 spiro atoms. The molecule has 6 rings (SSSR count). The van der Waals surface area contributed by atoms with Crippen molar-refractivity contribution in [3.8, 4) is 16.9 Å². The van der Waals surface area contributed by atoms with Crippen LogP contribution in [0.2, 0.25) is 0 Å². The van der Waals surface area contributed by atoms with Crippen LogP contribution in [-0.2, 0) is 25.7 Å². The Morgan fingerprint density at radius 1 is 1.13 bits per heavy atom. The summed E-state index contributed by atoms with van der Waals surface area (Å²) in [7, 11) is 5.31. The highest BCUT2D eigenvalue weighted by Gasteiger charge is 2.57. The Bertz CT molecular complexity index is 1640. The average Bonchev–Trinajstić information content (AvgIpc) is 3.45. The topological polar surface area (TPSA) is 150 Å². The zero-order chi connectivity index (χ0) is 38.3. The number of hydrogen-bond acceptors (Lipinski definition) is 10. The number of hydroxylamine groups is 2. The number of fused-ring (bicyclic) bond motifs is 2. The van der Waals surface area contributed by atoms with E-state index < -0.39 is 41.6 Å². The van der Waals surface area contributed by atoms with Crippen molar-refractivity contribution in [3.63, 3.8) is 0 Å². The van der Waals surface area contributed by atoms with Crippen LogP contribution in [0.15, 0.2) is 36.4 Å². The van der Waals surface area contributed by atoms with Crippen LogP contribution < -0.4 is 20.3 Å². The molecular formula is C40H58N4O8. The van der Waals surface area contributed by atoms with Crippen molar-refractivity contribution >= 4 is 23.5 Å². The lowest BCUT2D eigenvalue weighted by Crippen LogP contribution is -2.62. The summed E-state index contributed by atoms with van der Waals surface area (Å²) in [5.41, 5.74) is 2.82. The molecule has 3 saturated carbocycles. The van der Waals surface area contributed by atoms with E-state index in [0.717, 1.165) is 12.1 Å². The third kappa shape index (κ3) is 8.10. The zero-order valence-corrected chi connectivity index (χ0v) is 32.4. The molecule has 52 heavy (non-hydrogen) atoms. The maximum Gasteiger partial charge on any atom is 0.325 e. The smallest absolute Gasteiger partial charge is 0.325 e. The summed E-state index contributed by atoms with van der Waals surface area (Å²) in [6.45, 7) is 13.3. The number of methoxy groups -OCH3 is 1. The average molecular weight is 723 g/mol. The quantitative estimate of drug-likeness (QED) is 0.235. The summed E-state index contributed by atoms with van der Waals surface area (Å²) in [5, 5.41) is 28.8. The number of amides is 2. The highest BCUT2D eigenvalue weighted by molar-refractivity contribution is 5.98. The first-order chi connectivity index (χ1) is 24.4. The van der Waals surface area contributed by atoms with Crippen molar-refractivity contribution in [3.05, 3.63) is 47.5 Å². The molecule has 4 aliphatic rings. The number of benzene rings is 2. The fourth-order valence-electron chi connectivity index (χ4n) is 8.62. The number of ether oxygens (including phenoxy) is 2. The number of aliphatic hydroxyl groups is 2. The van der Waals surface area contributed by atoms with E-state index in [4.69, 9.17) is 14.3 Å². The number of carbonyl (C=O) groups excluding carboxylic acids is 3. The number of esters is 1. The lowest BCUT2D eigenvalue weighted by atomic mass is 9.45. The van der Waals surface area contributed by atoms with Crippen molar-refractivity contribution in [2.45, 2.75) is 97.7 Å². The van der Waals surface area contributed by atoms with E-state index in [1.807, 2.05) is 43.3 Å². The number of anilines is 1. The molecular weight excluding hydrogens is 664 g/mol. The maximum absolute atomic E-state index is 14.2. The summed E-state index contributed by atoms with van der Waals surface area (Å²) in [4.78, 5) is 47.9. The molecule has 1 aliphatic heterocycles. The minimum Gasteiger partial charge on any atom is -0.496 e. The Hall–Kier alpha value is -3.71. The van der Waals surface area contributed by atoms with Gasteiger partial charge in [0.15, 0.2) is 0 Å². The number of nitrogens with zero attached hydrogens (tertiary/aromatic N) is 2. The second-order valence-electron chi connectivity index (χ2n) is 16.7. The first-order valence-electron chi connectivity index (χ1n) is 18.4. The summed E-state index contributed by atoms with van der Waals surface area (Å²) < 4.78 is 11.3. The van der Waals surface area contributed by atoms with Gasteiger partial charge in [0.05, 0.1) is 26.4 Å². The van der Waals surface area contributed by atoms with Crippen LogP contribution in [0.3, 0.4) is 0 Å². The van der Waals surface area contributed by atoms with Crippen molar-refractivity contribution < 1.29 is 38.9 Å². The second-order valence-corrected chi connectivity index (χ2v) is 16.7. The predicted octanol–water partition coefficient (Wildman–Crippen LogP) is 4.16. The van der Waals surface area contributed by atoms with Crippen molar-refractivity contribution in [2.75, 3.05) is 39.3 Å². The Labute approximate surface area is 308 Å². The molecule has 0 radical (unpaired) electrons. The molecule has 2 amide bonds. The summed E-state index contributed by atoms with van der Waals surface area (Å²) in [6.07, 6.45) is 0.402. The molecule has 1 heterocycles. The van der Waals surface area contributed by atoms with Gasteiger partial charge in [-0.3, -0.25) is 19.2 Å². The van der Waals surface area contributed by atoms with Crippen molar-refractivity contribution in [1.82, 2.24) is 15.7 Å². The van der Waals surface area contributed by atoms with E-state index in [-0.39, 0.29) is 37.1 Å². The third-order valence-electron chi connectivity index (χ3n) is 11.5. The van der Waals surface area contributed by atoms with Gasteiger partial charge in [0, 0.05) is 48.4 Å². The molecule has 12 heteroatoms. The molecule has 2 aromatic rings. The number of para-hydroxylation sites is 1. The molecule has 0 aromatic heterocycles. The third-order valence-corrected chi connectivity index (χ3v) is 11.5. The Morgan fingerprint density at radius 2 is 1.85 bits per heavy atom. The largest absolute Gasteiger partial charge is 0.496 e. The Morgan fingerprint density at radius 3 is 2.42 bits per heavy atom. The van der Waals surface area contributed by atoms with Crippen molar-refractivity contribution in [2.24, 2.45) is 29.1 Å². The molecule has 3 aliphatic carbocycles. The van der Waals surface area contributed by atoms with Gasteiger partial charge < -0.3 is 35.2 Å². The van der Waals surface area contributed by atoms with E-state index in [0.29, 0.717) is 45.8 Å². The van der Waals surface area contributed by atoms with E-state index in [1.54, 1.807) is 52.0 Å². The molecule has 0 unspecified atom stereocenters. The minimum atomic E-state index is -0.920. The molecule has 2 aromatic carbocycles. The number of rotatable bonds is 12. The molecule has 2 bridgehead atoms. The molecule has 4 fully saturated rings. The van der Waals surface area contributed by atoms with Gasteiger partial charge in [0.25, 0.3) is 5.91 Å². The van der Waals surface area contributed by atoms with Gasteiger partial charge in [-0.15, -0.1) is 0 Å². The van der Waals surface area contributed by atoms with Gasteiger partial charge in [0.2, 0.25) is 5.91 Å². The van der Waals surface area contributed by atoms with Gasteiger partial charge in [-0.25, -0.2) is 0 Å². The Kier molecular flexibility index (Phi) is 11.6. The summed E-state index contributed by atoms with van der Waals surface area (Å²) in [5.74, 6) is 0.0733. The maximum atomic E-state index is 14.2. The standard InChI is InChI=1S/C40H58N4O8/c1-22-30-17-27(40(30,6)7)18-31(22)42-38(49)35-34(23(2)46)32(21-45)52-44(35)20-24-12-11-13-29(36(24)50-10)25-14-26(16-28(15-25)43(8)9)37(48)41-19-33(47)51-39(3,4)5/h11-16,22-23,27,30-32,34-35,45-46H,17-21H2,1-10H3,(H,41,48)(H,42,49)/t22-,23-,27+,30+,31-,32-,34-,35-/m0/s1. The van der Waals surface area contributed by atoms with Gasteiger partial charge in [-0.05, 0) is 87.5 Å². The van der Waals surface area contributed by atoms with E-state index >= 15 is 0 Å². The normalized spacial score (nSPS) is 27.3. The first-order valence-corrected chi connectivity index (χ1v) is 18.4. The van der Waals surface area contributed by atoms with E-state index in [1.165, 1.54) is 6.42 Å². The number of nitrogens with one attached hydrogen (secondary N) is 2. The van der Waals surface area contributed by atoms with Gasteiger partial charge >= 0.3 is 5.97 Å². The lowest BCUT2D eigenvalue weighted by Gasteiger charge is -2.62. The number of aliphatic hydroxyl groups excluding tert-OH is 2. The SMILES string of the molecule is COc1c(CN2O[C@@H](CO)[C@H]([C@H](C)O)[C@H]2C(=O)N[C@H]2C[C@H]3C[C@H]([C@@H]2C)C3(C)C)cccc1-c1cc(C(=O)NCC(=O)OC(C)(C)C)cc(N(C)C)c1. The predicted molar refractivity (Wildman–Crippen MR) is 198 cm³/mol. The van der Waals surface area contributed by atoms with Crippen molar-refractivity contribution in [1.29, 1.82) is 0 Å². The zero-order valence-electron chi connectivity index (χ0n) is 32.4. The van der Waals surface area contributed by atoms with E-state index in [2.05, 4.69) is 31.4 Å². The monoisotopic (exact) mass is 722 g/mol. The minimum absolute atomic E-state index is 0.0197. The van der Waals surface area contributed by atoms with Crippen LogP contribution >= 0.6 is 0 Å². The first kappa shape index (κ1) is 39.5. The highest BCUT2D eigenvalue weighted by Crippen LogP contribution is 2.61. The van der Waals surface area contributed by atoms with Crippen LogP contribution in [0, 0.1) is 29.1 Å².